The molecule has 2 nitrogen and oxygen atoms in total. The van der Waals surface area contributed by atoms with Gasteiger partial charge in [-0.25, -0.2) is 0 Å². The third-order valence-corrected chi connectivity index (χ3v) is 7.14. The lowest BCUT2D eigenvalue weighted by Crippen LogP contribution is -2.37. The molecule has 1 aromatic carbocycles. The van der Waals surface area contributed by atoms with E-state index >= 15 is 0 Å². The highest BCUT2D eigenvalue weighted by atomic mass is 28.4. The van der Waals surface area contributed by atoms with E-state index in [1.54, 1.807) is 5.57 Å². The van der Waals surface area contributed by atoms with Crippen molar-refractivity contribution in [3.8, 4) is 5.75 Å². The van der Waals surface area contributed by atoms with E-state index in [-0.39, 0.29) is 5.41 Å². The third kappa shape index (κ3) is 2.48. The van der Waals surface area contributed by atoms with Crippen LogP contribution in [0.15, 0.2) is 29.8 Å². The van der Waals surface area contributed by atoms with Crippen LogP contribution < -0.4 is 4.43 Å². The number of benzene rings is 1. The summed E-state index contributed by atoms with van der Waals surface area (Å²) in [4.78, 5) is 12.4. The number of ketones is 1. The lowest BCUT2D eigenvalue weighted by atomic mass is 9.60. The first kappa shape index (κ1) is 16.1. The number of allylic oxidation sites excluding steroid dienone is 2. The number of carbonyl (C=O) groups excluding carboxylic acids is 1. The van der Waals surface area contributed by atoms with Crippen molar-refractivity contribution in [2.75, 3.05) is 0 Å². The van der Waals surface area contributed by atoms with Crippen LogP contribution in [0.3, 0.4) is 0 Å². The van der Waals surface area contributed by atoms with E-state index in [1.807, 2.05) is 0 Å². The first-order valence-corrected chi connectivity index (χ1v) is 12.7. The molecule has 2 fully saturated rings. The summed E-state index contributed by atoms with van der Waals surface area (Å²) in [6, 6.07) is 6.71. The molecule has 3 atom stereocenters. The SMILES string of the molecule is CC12CCC3C(=CCc4cc(O[Si](C)(C)C)ccc43)C1CCC2=O. The van der Waals surface area contributed by atoms with E-state index in [9.17, 15) is 4.79 Å². The molecule has 128 valence electrons. The predicted molar refractivity (Wildman–Crippen MR) is 100 cm³/mol. The minimum Gasteiger partial charge on any atom is -0.544 e. The van der Waals surface area contributed by atoms with E-state index in [4.69, 9.17) is 4.43 Å². The Bertz CT molecular complexity index is 728. The molecule has 0 amide bonds. The van der Waals surface area contributed by atoms with E-state index in [0.29, 0.717) is 17.6 Å². The van der Waals surface area contributed by atoms with E-state index < -0.39 is 8.32 Å². The molecule has 0 saturated heterocycles. The Morgan fingerprint density at radius 2 is 2.00 bits per heavy atom. The Labute approximate surface area is 146 Å². The van der Waals surface area contributed by atoms with Crippen LogP contribution in [0.4, 0.5) is 0 Å². The van der Waals surface area contributed by atoms with E-state index in [0.717, 1.165) is 37.9 Å². The molecular formula is C21H28O2Si. The van der Waals surface area contributed by atoms with Crippen LogP contribution in [0.5, 0.6) is 5.75 Å². The summed E-state index contributed by atoms with van der Waals surface area (Å²) < 4.78 is 6.18. The third-order valence-electron chi connectivity index (χ3n) is 6.29. The largest absolute Gasteiger partial charge is 0.544 e. The Morgan fingerprint density at radius 3 is 2.75 bits per heavy atom. The van der Waals surface area contributed by atoms with Gasteiger partial charge in [-0.15, -0.1) is 0 Å². The molecule has 0 aliphatic heterocycles. The van der Waals surface area contributed by atoms with Crippen molar-refractivity contribution < 1.29 is 9.22 Å². The van der Waals surface area contributed by atoms with Crippen molar-refractivity contribution in [2.45, 2.75) is 64.6 Å². The molecule has 0 aromatic heterocycles. The number of carbonyl (C=O) groups is 1. The summed E-state index contributed by atoms with van der Waals surface area (Å²) in [7, 11) is -1.57. The van der Waals surface area contributed by atoms with E-state index in [2.05, 4.69) is 50.8 Å². The molecule has 0 N–H and O–H groups in total. The van der Waals surface area contributed by atoms with Crippen LogP contribution in [-0.2, 0) is 11.2 Å². The molecule has 2 saturated carbocycles. The fraction of sp³-hybridized carbons (Fsp3) is 0.571. The van der Waals surface area contributed by atoms with Crippen LogP contribution >= 0.6 is 0 Å². The van der Waals surface area contributed by atoms with Gasteiger partial charge in [0, 0.05) is 17.8 Å². The second-order valence-corrected chi connectivity index (χ2v) is 13.4. The van der Waals surface area contributed by atoms with Gasteiger partial charge in [-0.2, -0.15) is 0 Å². The highest BCUT2D eigenvalue weighted by molar-refractivity contribution is 6.70. The number of hydrogen-bond donors (Lipinski definition) is 0. The van der Waals surface area contributed by atoms with Gasteiger partial charge in [0.25, 0.3) is 0 Å². The van der Waals surface area contributed by atoms with Crippen molar-refractivity contribution >= 4 is 14.1 Å². The molecule has 0 radical (unpaired) electrons. The minimum atomic E-state index is -1.57. The van der Waals surface area contributed by atoms with Gasteiger partial charge >= 0.3 is 0 Å². The average molecular weight is 341 g/mol. The highest BCUT2D eigenvalue weighted by Crippen LogP contribution is 2.57. The van der Waals surface area contributed by atoms with Gasteiger partial charge in [-0.05, 0) is 74.5 Å². The quantitative estimate of drug-likeness (QED) is 0.543. The Kier molecular flexibility index (Phi) is 3.58. The van der Waals surface area contributed by atoms with Crippen molar-refractivity contribution in [3.63, 3.8) is 0 Å². The number of Topliss-reactive ketones (excluding diaryl/α,β-unsaturated/α-hetero) is 1. The van der Waals surface area contributed by atoms with Gasteiger partial charge < -0.3 is 4.43 Å². The summed E-state index contributed by atoms with van der Waals surface area (Å²) in [5.74, 6) is 2.53. The topological polar surface area (TPSA) is 26.3 Å². The molecule has 3 unspecified atom stereocenters. The Morgan fingerprint density at radius 1 is 1.21 bits per heavy atom. The maximum absolute atomic E-state index is 12.4. The van der Waals surface area contributed by atoms with Gasteiger partial charge in [0.05, 0.1) is 0 Å². The second-order valence-electron chi connectivity index (χ2n) is 9.01. The number of fused-ring (bicyclic) bond motifs is 5. The highest BCUT2D eigenvalue weighted by Gasteiger charge is 2.52. The van der Waals surface area contributed by atoms with Crippen LogP contribution in [-0.4, -0.2) is 14.1 Å². The fourth-order valence-corrected chi connectivity index (χ4v) is 5.97. The van der Waals surface area contributed by atoms with Crippen LogP contribution in [0.25, 0.3) is 0 Å². The molecular weight excluding hydrogens is 312 g/mol. The maximum Gasteiger partial charge on any atom is 0.242 e. The molecule has 3 aliphatic carbocycles. The molecule has 3 aliphatic rings. The fourth-order valence-electron chi connectivity index (χ4n) is 5.14. The van der Waals surface area contributed by atoms with Crippen LogP contribution in [0, 0.1) is 11.3 Å². The van der Waals surface area contributed by atoms with Gasteiger partial charge in [0.15, 0.2) is 0 Å². The van der Waals surface area contributed by atoms with Crippen molar-refractivity contribution in [1.82, 2.24) is 0 Å². The normalized spacial score (nSPS) is 31.8. The molecule has 0 heterocycles. The summed E-state index contributed by atoms with van der Waals surface area (Å²) in [6.07, 6.45) is 7.43. The Hall–Kier alpha value is -1.35. The molecule has 4 rings (SSSR count). The van der Waals surface area contributed by atoms with Crippen molar-refractivity contribution in [2.24, 2.45) is 11.3 Å². The first-order valence-electron chi connectivity index (χ1n) is 9.33. The zero-order chi connectivity index (χ0) is 17.1. The molecule has 1 aromatic rings. The van der Waals surface area contributed by atoms with Gasteiger partial charge in [0.1, 0.15) is 11.5 Å². The monoisotopic (exact) mass is 340 g/mol. The molecule has 0 bridgehead atoms. The molecule has 3 heteroatoms. The predicted octanol–water partition coefficient (Wildman–Crippen LogP) is 5.25. The summed E-state index contributed by atoms with van der Waals surface area (Å²) in [5.41, 5.74) is 4.38. The van der Waals surface area contributed by atoms with Gasteiger partial charge in [-0.3, -0.25) is 4.79 Å². The van der Waals surface area contributed by atoms with Crippen LogP contribution in [0.1, 0.15) is 49.7 Å². The summed E-state index contributed by atoms with van der Waals surface area (Å²) in [6.45, 7) is 8.89. The van der Waals surface area contributed by atoms with Crippen molar-refractivity contribution in [3.05, 3.63) is 41.0 Å². The lowest BCUT2D eigenvalue weighted by Gasteiger charge is -2.43. The zero-order valence-electron chi connectivity index (χ0n) is 15.3. The van der Waals surface area contributed by atoms with E-state index in [1.165, 1.54) is 11.1 Å². The number of hydrogen-bond acceptors (Lipinski definition) is 2. The summed E-state index contributed by atoms with van der Waals surface area (Å²) in [5, 5.41) is 0. The Balaban J connectivity index is 1.66. The zero-order valence-corrected chi connectivity index (χ0v) is 16.3. The second kappa shape index (κ2) is 5.32. The standard InChI is InChI=1S/C21H28O2Si/c1-21-12-11-17-16-8-6-15(23-24(2,3)4)13-14(16)5-7-18(17)19(21)9-10-20(21)22/h6-8,13,17,19H,5,9-12H2,1-4H3. The number of rotatable bonds is 2. The molecule has 24 heavy (non-hydrogen) atoms. The first-order chi connectivity index (χ1) is 11.3. The molecule has 0 spiro atoms. The van der Waals surface area contributed by atoms with Gasteiger partial charge in [0.2, 0.25) is 8.32 Å². The van der Waals surface area contributed by atoms with Gasteiger partial charge in [-0.1, -0.05) is 24.6 Å². The summed E-state index contributed by atoms with van der Waals surface area (Å²) >= 11 is 0. The lowest BCUT2D eigenvalue weighted by molar-refractivity contribution is -0.126. The smallest absolute Gasteiger partial charge is 0.242 e. The minimum absolute atomic E-state index is 0.0826. The van der Waals surface area contributed by atoms with Crippen molar-refractivity contribution in [1.29, 1.82) is 0 Å². The average Bonchev–Trinajstić information content (AvgIpc) is 2.81. The maximum atomic E-state index is 12.4. The van der Waals surface area contributed by atoms with Crippen LogP contribution in [0.2, 0.25) is 19.6 Å².